The molecule has 0 amide bonds. The Kier molecular flexibility index (Phi) is 3.27. The number of rotatable bonds is 4. The first-order valence-electron chi connectivity index (χ1n) is 3.40. The van der Waals surface area contributed by atoms with Crippen LogP contribution >= 0.6 is 0 Å². The summed E-state index contributed by atoms with van der Waals surface area (Å²) in [5, 5.41) is 26.5. The molecule has 0 saturated heterocycles. The maximum absolute atomic E-state index is 10.8. The summed E-state index contributed by atoms with van der Waals surface area (Å²) in [6.07, 6.45) is -2.43. The number of aliphatic hydroxyl groups excluding tert-OH is 1. The minimum absolute atomic E-state index is 0.827. The molecular weight excluding hydrogens is 180 g/mol. The van der Waals surface area contributed by atoms with Crippen LogP contribution in [-0.2, 0) is 14.4 Å². The van der Waals surface area contributed by atoms with Crippen molar-refractivity contribution in [1.29, 1.82) is 0 Å². The summed E-state index contributed by atoms with van der Waals surface area (Å²) in [6, 6.07) is 0. The molecule has 0 aliphatic heterocycles. The number of aliphatic carboxylic acids is 1. The molecule has 0 fully saturated rings. The topological polar surface area (TPSA) is 112 Å². The van der Waals surface area contributed by atoms with Crippen molar-refractivity contribution < 1.29 is 29.7 Å². The van der Waals surface area contributed by atoms with Gasteiger partial charge in [-0.25, -0.2) is 4.79 Å². The standard InChI is InChI=1S/C7H10O6/c1-3(8)7(13,4(2)9)5(10)6(11)12/h5,10,13H,1-2H3,(H,11,12). The smallest absolute Gasteiger partial charge is 0.336 e. The van der Waals surface area contributed by atoms with Crippen molar-refractivity contribution in [2.45, 2.75) is 25.6 Å². The second-order valence-electron chi connectivity index (χ2n) is 2.62. The summed E-state index contributed by atoms with van der Waals surface area (Å²) < 4.78 is 0. The fourth-order valence-corrected chi connectivity index (χ4v) is 0.812. The van der Waals surface area contributed by atoms with Crippen molar-refractivity contribution in [1.82, 2.24) is 0 Å². The van der Waals surface area contributed by atoms with Gasteiger partial charge >= 0.3 is 5.97 Å². The van der Waals surface area contributed by atoms with E-state index in [1.54, 1.807) is 0 Å². The van der Waals surface area contributed by atoms with Gasteiger partial charge in [0.05, 0.1) is 0 Å². The molecule has 0 heterocycles. The second kappa shape index (κ2) is 3.63. The van der Waals surface area contributed by atoms with Crippen molar-refractivity contribution in [2.24, 2.45) is 0 Å². The second-order valence-corrected chi connectivity index (χ2v) is 2.62. The van der Waals surface area contributed by atoms with Crippen LogP contribution in [-0.4, -0.2) is 44.6 Å². The lowest BCUT2D eigenvalue weighted by Crippen LogP contribution is -2.57. The highest BCUT2D eigenvalue weighted by molar-refractivity contribution is 6.11. The largest absolute Gasteiger partial charge is 0.479 e. The first-order chi connectivity index (χ1) is 5.74. The Hall–Kier alpha value is -1.27. The lowest BCUT2D eigenvalue weighted by Gasteiger charge is -2.24. The van der Waals surface area contributed by atoms with Gasteiger partial charge in [0, 0.05) is 0 Å². The molecule has 0 aromatic heterocycles. The number of hydrogen-bond donors (Lipinski definition) is 3. The van der Waals surface area contributed by atoms with Crippen molar-refractivity contribution in [3.63, 3.8) is 0 Å². The maximum atomic E-state index is 10.8. The number of carbonyl (C=O) groups is 3. The molecule has 1 atom stereocenters. The Morgan fingerprint density at radius 3 is 1.54 bits per heavy atom. The molecule has 1 unspecified atom stereocenters. The van der Waals surface area contributed by atoms with E-state index in [0.717, 1.165) is 13.8 Å². The van der Waals surface area contributed by atoms with E-state index >= 15 is 0 Å². The van der Waals surface area contributed by atoms with Crippen molar-refractivity contribution in [3.8, 4) is 0 Å². The SMILES string of the molecule is CC(=O)C(O)(C(C)=O)C(O)C(=O)O. The van der Waals surface area contributed by atoms with E-state index in [0.29, 0.717) is 0 Å². The van der Waals surface area contributed by atoms with E-state index in [-0.39, 0.29) is 0 Å². The van der Waals surface area contributed by atoms with E-state index in [1.165, 1.54) is 0 Å². The normalized spacial score (nSPS) is 13.5. The molecule has 0 saturated carbocycles. The van der Waals surface area contributed by atoms with Gasteiger partial charge in [-0.2, -0.15) is 0 Å². The van der Waals surface area contributed by atoms with Gasteiger partial charge in [0.15, 0.2) is 17.7 Å². The lowest BCUT2D eigenvalue weighted by atomic mass is 9.88. The molecule has 13 heavy (non-hydrogen) atoms. The Bertz CT molecular complexity index is 242. The molecule has 6 nitrogen and oxygen atoms in total. The van der Waals surface area contributed by atoms with Gasteiger partial charge in [-0.3, -0.25) is 9.59 Å². The molecule has 0 aliphatic carbocycles. The van der Waals surface area contributed by atoms with Crippen molar-refractivity contribution in [2.75, 3.05) is 0 Å². The van der Waals surface area contributed by atoms with Gasteiger partial charge in [0.1, 0.15) is 0 Å². The zero-order valence-corrected chi connectivity index (χ0v) is 7.14. The number of hydrogen-bond acceptors (Lipinski definition) is 5. The molecule has 0 aliphatic rings. The number of aliphatic hydroxyl groups is 2. The number of Topliss-reactive ketones (excluding diaryl/α,β-unsaturated/α-hetero) is 2. The zero-order valence-electron chi connectivity index (χ0n) is 7.14. The predicted molar refractivity (Wildman–Crippen MR) is 40.0 cm³/mol. The predicted octanol–water partition coefficient (Wildman–Crippen LogP) is -1.66. The van der Waals surface area contributed by atoms with E-state index in [9.17, 15) is 19.5 Å². The third kappa shape index (κ3) is 1.90. The van der Waals surface area contributed by atoms with E-state index in [2.05, 4.69) is 0 Å². The van der Waals surface area contributed by atoms with Crippen LogP contribution in [0.4, 0.5) is 0 Å². The summed E-state index contributed by atoms with van der Waals surface area (Å²) >= 11 is 0. The van der Waals surface area contributed by atoms with E-state index < -0.39 is 29.2 Å². The van der Waals surface area contributed by atoms with E-state index in [1.807, 2.05) is 0 Å². The average Bonchev–Trinajstić information content (AvgIpc) is 2.00. The highest BCUT2D eigenvalue weighted by Gasteiger charge is 2.49. The number of carbonyl (C=O) groups excluding carboxylic acids is 2. The Labute approximate surface area is 73.8 Å². The molecule has 0 aromatic carbocycles. The summed E-state index contributed by atoms with van der Waals surface area (Å²) in [5.41, 5.74) is -2.84. The minimum atomic E-state index is -2.84. The summed E-state index contributed by atoms with van der Waals surface area (Å²) in [6.45, 7) is 1.65. The van der Waals surface area contributed by atoms with Crippen LogP contribution in [0.15, 0.2) is 0 Å². The molecule has 0 spiro atoms. The lowest BCUT2D eigenvalue weighted by molar-refractivity contribution is -0.175. The number of carboxylic acids is 1. The first kappa shape index (κ1) is 11.7. The third-order valence-electron chi connectivity index (χ3n) is 1.70. The van der Waals surface area contributed by atoms with Gasteiger partial charge in [0.25, 0.3) is 0 Å². The van der Waals surface area contributed by atoms with Crippen LogP contribution in [0.3, 0.4) is 0 Å². The fraction of sp³-hybridized carbons (Fsp3) is 0.571. The molecule has 74 valence electrons. The van der Waals surface area contributed by atoms with Crippen LogP contribution in [0.2, 0.25) is 0 Å². The van der Waals surface area contributed by atoms with Crippen LogP contribution in [0, 0.1) is 0 Å². The highest BCUT2D eigenvalue weighted by atomic mass is 16.4. The van der Waals surface area contributed by atoms with E-state index in [4.69, 9.17) is 10.2 Å². The van der Waals surface area contributed by atoms with Gasteiger partial charge in [0.2, 0.25) is 5.60 Å². The Morgan fingerprint density at radius 1 is 1.15 bits per heavy atom. The Balaban J connectivity index is 5.13. The quantitative estimate of drug-likeness (QED) is 0.457. The molecule has 0 aromatic rings. The Morgan fingerprint density at radius 2 is 1.46 bits per heavy atom. The van der Waals surface area contributed by atoms with Crippen molar-refractivity contribution in [3.05, 3.63) is 0 Å². The molecule has 6 heteroatoms. The summed E-state index contributed by atoms with van der Waals surface area (Å²) in [7, 11) is 0. The summed E-state index contributed by atoms with van der Waals surface area (Å²) in [4.78, 5) is 31.8. The van der Waals surface area contributed by atoms with Crippen molar-refractivity contribution >= 4 is 17.5 Å². The average molecular weight is 190 g/mol. The van der Waals surface area contributed by atoms with Crippen LogP contribution < -0.4 is 0 Å². The molecular formula is C7H10O6. The van der Waals surface area contributed by atoms with Crippen LogP contribution in [0.1, 0.15) is 13.8 Å². The number of carboxylic acid groups (broad SMARTS) is 1. The minimum Gasteiger partial charge on any atom is -0.479 e. The molecule has 3 N–H and O–H groups in total. The van der Waals surface area contributed by atoms with Gasteiger partial charge in [-0.1, -0.05) is 0 Å². The molecule has 0 bridgehead atoms. The van der Waals surface area contributed by atoms with Gasteiger partial charge in [-0.05, 0) is 13.8 Å². The van der Waals surface area contributed by atoms with Crippen LogP contribution in [0.5, 0.6) is 0 Å². The highest BCUT2D eigenvalue weighted by Crippen LogP contribution is 2.14. The van der Waals surface area contributed by atoms with Crippen LogP contribution in [0.25, 0.3) is 0 Å². The number of ketones is 2. The first-order valence-corrected chi connectivity index (χ1v) is 3.40. The maximum Gasteiger partial charge on any atom is 0.336 e. The fourth-order valence-electron chi connectivity index (χ4n) is 0.812. The van der Waals surface area contributed by atoms with Gasteiger partial charge < -0.3 is 15.3 Å². The zero-order chi connectivity index (χ0) is 10.8. The monoisotopic (exact) mass is 190 g/mol. The molecule has 0 rings (SSSR count). The molecule has 0 radical (unpaired) electrons. The third-order valence-corrected chi connectivity index (χ3v) is 1.70. The van der Waals surface area contributed by atoms with Gasteiger partial charge in [-0.15, -0.1) is 0 Å². The summed E-state index contributed by atoms with van der Waals surface area (Å²) in [5.74, 6) is -4.03.